The normalized spacial score (nSPS) is 10.7. The number of carbonyl (C=O) groups is 1. The number of carbonyl (C=O) groups excluding carboxylic acids is 1. The van der Waals surface area contributed by atoms with E-state index < -0.39 is 0 Å². The molecule has 4 nitrogen and oxygen atoms in total. The predicted molar refractivity (Wildman–Crippen MR) is 82.8 cm³/mol. The highest BCUT2D eigenvalue weighted by molar-refractivity contribution is 6.37. The molecule has 0 bridgehead atoms. The largest absolute Gasteiger partial charge is 0.489 e. The Bertz CT molecular complexity index is 421. The number of nitrogens with one attached hydrogen (secondary N) is 1. The monoisotopic (exact) mass is 318 g/mol. The van der Waals surface area contributed by atoms with E-state index in [4.69, 9.17) is 27.9 Å². The van der Waals surface area contributed by atoms with E-state index in [1.54, 1.807) is 18.2 Å². The predicted octanol–water partition coefficient (Wildman–Crippen LogP) is 2.83. The molecule has 0 radical (unpaired) electrons. The van der Waals surface area contributed by atoms with Gasteiger partial charge in [-0.25, -0.2) is 0 Å². The highest BCUT2D eigenvalue weighted by Crippen LogP contribution is 2.32. The summed E-state index contributed by atoms with van der Waals surface area (Å²) in [5.74, 6) is 0.509. The molecular formula is C14H20Cl2N2O2. The van der Waals surface area contributed by atoms with Gasteiger partial charge < -0.3 is 10.1 Å². The number of likely N-dealkylation sites (N-methyl/N-ethyl adjacent to an activating group) is 2. The maximum absolute atomic E-state index is 11.5. The quantitative estimate of drug-likeness (QED) is 0.801. The van der Waals surface area contributed by atoms with Crippen molar-refractivity contribution >= 4 is 29.1 Å². The number of nitrogens with zero attached hydrogens (tertiary/aromatic N) is 1. The Balaban J connectivity index is 2.43. The van der Waals surface area contributed by atoms with E-state index in [1.165, 1.54) is 0 Å². The number of hydrogen-bond acceptors (Lipinski definition) is 3. The Kier molecular flexibility index (Phi) is 7.73. The molecule has 0 heterocycles. The van der Waals surface area contributed by atoms with E-state index in [9.17, 15) is 4.79 Å². The third-order valence-electron chi connectivity index (χ3n) is 2.76. The molecule has 0 aliphatic carbocycles. The molecule has 0 aliphatic rings. The minimum atomic E-state index is 0.0186. The smallest absolute Gasteiger partial charge is 0.234 e. The van der Waals surface area contributed by atoms with Gasteiger partial charge in [0.1, 0.15) is 6.61 Å². The van der Waals surface area contributed by atoms with Gasteiger partial charge in [-0.2, -0.15) is 0 Å². The van der Waals surface area contributed by atoms with E-state index in [-0.39, 0.29) is 5.91 Å². The zero-order valence-electron chi connectivity index (χ0n) is 11.8. The van der Waals surface area contributed by atoms with Crippen molar-refractivity contribution < 1.29 is 9.53 Å². The summed E-state index contributed by atoms with van der Waals surface area (Å²) in [5.41, 5.74) is 0. The molecule has 20 heavy (non-hydrogen) atoms. The number of amides is 1. The molecule has 0 aliphatic heterocycles. The van der Waals surface area contributed by atoms with Gasteiger partial charge in [-0.3, -0.25) is 9.69 Å². The van der Waals surface area contributed by atoms with Crippen molar-refractivity contribution in [3.8, 4) is 5.75 Å². The van der Waals surface area contributed by atoms with Crippen molar-refractivity contribution in [3.05, 3.63) is 28.2 Å². The first kappa shape index (κ1) is 17.1. The van der Waals surface area contributed by atoms with Crippen molar-refractivity contribution in [2.45, 2.75) is 13.8 Å². The van der Waals surface area contributed by atoms with E-state index in [1.807, 2.05) is 18.7 Å². The molecule has 1 aromatic carbocycles. The molecule has 6 heteroatoms. The molecule has 0 fully saturated rings. The van der Waals surface area contributed by atoms with E-state index in [2.05, 4.69) is 5.32 Å². The van der Waals surface area contributed by atoms with Crippen LogP contribution in [0.1, 0.15) is 13.8 Å². The van der Waals surface area contributed by atoms with Crippen LogP contribution in [0.2, 0.25) is 10.0 Å². The van der Waals surface area contributed by atoms with Gasteiger partial charge in [-0.1, -0.05) is 36.2 Å². The summed E-state index contributed by atoms with van der Waals surface area (Å²) in [6.45, 7) is 6.74. The van der Waals surface area contributed by atoms with Crippen molar-refractivity contribution in [2.24, 2.45) is 0 Å². The van der Waals surface area contributed by atoms with Gasteiger partial charge in [-0.15, -0.1) is 0 Å². The van der Waals surface area contributed by atoms with Crippen molar-refractivity contribution in [2.75, 3.05) is 32.8 Å². The van der Waals surface area contributed by atoms with Crippen LogP contribution >= 0.6 is 23.2 Å². The van der Waals surface area contributed by atoms with Gasteiger partial charge in [0.25, 0.3) is 0 Å². The standard InChI is InChI=1S/C14H20Cl2N2O2/c1-3-17-13(19)10-18(4-2)8-9-20-14-11(15)6-5-7-12(14)16/h5-7H,3-4,8-10H2,1-2H3,(H,17,19). The van der Waals surface area contributed by atoms with Crippen molar-refractivity contribution in [1.29, 1.82) is 0 Å². The maximum atomic E-state index is 11.5. The molecular weight excluding hydrogens is 299 g/mol. The number of rotatable bonds is 8. The van der Waals surface area contributed by atoms with Crippen molar-refractivity contribution in [1.82, 2.24) is 10.2 Å². The van der Waals surface area contributed by atoms with Crippen LogP contribution in [0.15, 0.2) is 18.2 Å². The lowest BCUT2D eigenvalue weighted by molar-refractivity contribution is -0.122. The van der Waals surface area contributed by atoms with Crippen LogP contribution in [-0.2, 0) is 4.79 Å². The first-order valence-corrected chi connectivity index (χ1v) is 7.39. The fraction of sp³-hybridized carbons (Fsp3) is 0.500. The fourth-order valence-corrected chi connectivity index (χ4v) is 2.21. The van der Waals surface area contributed by atoms with Crippen LogP contribution in [0, 0.1) is 0 Å². The summed E-state index contributed by atoms with van der Waals surface area (Å²) in [7, 11) is 0. The molecule has 0 aromatic heterocycles. The topological polar surface area (TPSA) is 41.6 Å². The molecule has 0 saturated heterocycles. The Morgan fingerprint density at radius 1 is 1.30 bits per heavy atom. The van der Waals surface area contributed by atoms with Crippen LogP contribution in [0.5, 0.6) is 5.75 Å². The van der Waals surface area contributed by atoms with Gasteiger partial charge in [0.15, 0.2) is 5.75 Å². The number of hydrogen-bond donors (Lipinski definition) is 1. The zero-order chi connectivity index (χ0) is 15.0. The van der Waals surface area contributed by atoms with E-state index in [0.29, 0.717) is 42.0 Å². The van der Waals surface area contributed by atoms with Crippen LogP contribution in [-0.4, -0.2) is 43.6 Å². The Morgan fingerprint density at radius 2 is 1.95 bits per heavy atom. The number of benzene rings is 1. The van der Waals surface area contributed by atoms with Crippen LogP contribution in [0.25, 0.3) is 0 Å². The average molecular weight is 319 g/mol. The van der Waals surface area contributed by atoms with Crippen LogP contribution in [0.3, 0.4) is 0 Å². The molecule has 1 amide bonds. The lowest BCUT2D eigenvalue weighted by Crippen LogP contribution is -2.39. The second-order valence-corrected chi connectivity index (χ2v) is 5.04. The minimum Gasteiger partial charge on any atom is -0.489 e. The SMILES string of the molecule is CCNC(=O)CN(CC)CCOc1c(Cl)cccc1Cl. The summed E-state index contributed by atoms with van der Waals surface area (Å²) >= 11 is 12.0. The second kappa shape index (κ2) is 9.06. The lowest BCUT2D eigenvalue weighted by atomic mass is 10.3. The van der Waals surface area contributed by atoms with Crippen molar-refractivity contribution in [3.63, 3.8) is 0 Å². The summed E-state index contributed by atoms with van der Waals surface area (Å²) < 4.78 is 5.60. The number of para-hydroxylation sites is 1. The lowest BCUT2D eigenvalue weighted by Gasteiger charge is -2.20. The van der Waals surface area contributed by atoms with Crippen LogP contribution < -0.4 is 10.1 Å². The molecule has 112 valence electrons. The average Bonchev–Trinajstić information content (AvgIpc) is 2.41. The maximum Gasteiger partial charge on any atom is 0.234 e. The summed E-state index contributed by atoms with van der Waals surface area (Å²) in [5, 5.41) is 3.75. The molecule has 0 saturated carbocycles. The highest BCUT2D eigenvalue weighted by atomic mass is 35.5. The summed E-state index contributed by atoms with van der Waals surface area (Å²) in [4.78, 5) is 13.5. The first-order chi connectivity index (χ1) is 9.58. The van der Waals surface area contributed by atoms with Gasteiger partial charge in [-0.05, 0) is 25.6 Å². The van der Waals surface area contributed by atoms with E-state index >= 15 is 0 Å². The van der Waals surface area contributed by atoms with E-state index in [0.717, 1.165) is 6.54 Å². The molecule has 0 unspecified atom stereocenters. The Morgan fingerprint density at radius 3 is 2.50 bits per heavy atom. The molecule has 0 spiro atoms. The summed E-state index contributed by atoms with van der Waals surface area (Å²) in [6, 6.07) is 5.23. The molecule has 1 rings (SSSR count). The van der Waals surface area contributed by atoms with Gasteiger partial charge in [0.05, 0.1) is 16.6 Å². The third-order valence-corrected chi connectivity index (χ3v) is 3.36. The number of ether oxygens (including phenoxy) is 1. The highest BCUT2D eigenvalue weighted by Gasteiger charge is 2.10. The molecule has 0 atom stereocenters. The summed E-state index contributed by atoms with van der Waals surface area (Å²) in [6.07, 6.45) is 0. The second-order valence-electron chi connectivity index (χ2n) is 4.22. The zero-order valence-corrected chi connectivity index (χ0v) is 13.3. The van der Waals surface area contributed by atoms with Gasteiger partial charge in [0.2, 0.25) is 5.91 Å². The molecule has 1 aromatic rings. The Labute approximate surface area is 130 Å². The third kappa shape index (κ3) is 5.57. The Hall–Kier alpha value is -0.970. The van der Waals surface area contributed by atoms with Crippen LogP contribution in [0.4, 0.5) is 0 Å². The number of halogens is 2. The molecule has 1 N–H and O–H groups in total. The van der Waals surface area contributed by atoms with Gasteiger partial charge in [0, 0.05) is 13.1 Å². The fourth-order valence-electron chi connectivity index (χ4n) is 1.70. The first-order valence-electron chi connectivity index (χ1n) is 6.64. The van der Waals surface area contributed by atoms with Gasteiger partial charge >= 0.3 is 0 Å². The minimum absolute atomic E-state index is 0.0186.